The maximum atomic E-state index is 12.9. The summed E-state index contributed by atoms with van der Waals surface area (Å²) in [6.07, 6.45) is 1.88. The van der Waals surface area contributed by atoms with Gasteiger partial charge in [-0.25, -0.2) is 8.42 Å². The van der Waals surface area contributed by atoms with Crippen molar-refractivity contribution in [3.63, 3.8) is 0 Å². The smallest absolute Gasteiger partial charge is 0.246 e. The highest BCUT2D eigenvalue weighted by Crippen LogP contribution is 2.31. The largest absolute Gasteiger partial charge is 0.492 e. The number of anilines is 1. The normalized spacial score (nSPS) is 16.1. The third-order valence-corrected chi connectivity index (χ3v) is 5.64. The van der Waals surface area contributed by atoms with E-state index in [1.165, 1.54) is 10.4 Å². The number of amides is 1. The Labute approximate surface area is 155 Å². The van der Waals surface area contributed by atoms with Crippen molar-refractivity contribution in [2.75, 3.05) is 25.0 Å². The van der Waals surface area contributed by atoms with E-state index in [4.69, 9.17) is 10.5 Å². The first kappa shape index (κ1) is 21.7. The Hall–Kier alpha value is -1.35. The topological polar surface area (TPSA) is 102 Å². The van der Waals surface area contributed by atoms with E-state index in [1.54, 1.807) is 26.0 Å². The second-order valence-corrected chi connectivity index (χ2v) is 7.84. The molecule has 0 aromatic heterocycles. The van der Waals surface area contributed by atoms with Crippen molar-refractivity contribution in [1.82, 2.24) is 4.31 Å². The molecule has 0 radical (unpaired) electrons. The first-order valence-corrected chi connectivity index (χ1v) is 9.61. The van der Waals surface area contributed by atoms with Gasteiger partial charge in [0.15, 0.2) is 0 Å². The van der Waals surface area contributed by atoms with Crippen LogP contribution in [0.2, 0.25) is 0 Å². The molecule has 0 aliphatic carbocycles. The van der Waals surface area contributed by atoms with Crippen LogP contribution in [0.4, 0.5) is 5.69 Å². The Balaban J connectivity index is 0.00000312. The van der Waals surface area contributed by atoms with Gasteiger partial charge in [-0.1, -0.05) is 0 Å². The van der Waals surface area contributed by atoms with Crippen molar-refractivity contribution >= 4 is 34.0 Å². The Kier molecular flexibility index (Phi) is 8.14. The molecule has 1 atom stereocenters. The number of nitrogens with two attached hydrogens (primary N) is 1. The molecule has 2 rings (SSSR count). The van der Waals surface area contributed by atoms with Crippen LogP contribution in [0.25, 0.3) is 0 Å². The van der Waals surface area contributed by atoms with Crippen LogP contribution in [0.15, 0.2) is 23.1 Å². The summed E-state index contributed by atoms with van der Waals surface area (Å²) in [6, 6.07) is 4.40. The molecule has 1 unspecified atom stereocenters. The average Bonchev–Trinajstić information content (AvgIpc) is 3.03. The van der Waals surface area contributed by atoms with E-state index < -0.39 is 10.0 Å². The van der Waals surface area contributed by atoms with E-state index in [0.29, 0.717) is 31.1 Å². The number of rotatable bonds is 7. The molecule has 1 saturated heterocycles. The average molecular weight is 392 g/mol. The predicted molar refractivity (Wildman–Crippen MR) is 99.7 cm³/mol. The highest BCUT2D eigenvalue weighted by molar-refractivity contribution is 7.89. The van der Waals surface area contributed by atoms with Crippen LogP contribution in [-0.4, -0.2) is 44.4 Å². The van der Waals surface area contributed by atoms with Gasteiger partial charge in [-0.15, -0.1) is 12.4 Å². The van der Waals surface area contributed by atoms with Gasteiger partial charge in [0.25, 0.3) is 0 Å². The number of hydrogen-bond donors (Lipinski definition) is 2. The van der Waals surface area contributed by atoms with Gasteiger partial charge in [-0.2, -0.15) is 4.31 Å². The second-order valence-electron chi connectivity index (χ2n) is 5.94. The van der Waals surface area contributed by atoms with Crippen molar-refractivity contribution in [2.45, 2.75) is 44.0 Å². The third kappa shape index (κ3) is 5.57. The number of nitrogens with one attached hydrogen (secondary N) is 1. The molecule has 0 spiro atoms. The molecule has 142 valence electrons. The molecule has 1 heterocycles. The first-order chi connectivity index (χ1) is 11.3. The molecule has 7 nitrogen and oxygen atoms in total. The maximum absolute atomic E-state index is 12.9. The standard InChI is InChI=1S/C16H25N3O4S.ClH/c1-3-23-14-7-6-13(18-16(20)10-12(2)17)11-15(14)24(21,22)19-8-4-5-9-19;/h6-7,11-12H,3-5,8-10,17H2,1-2H3,(H,18,20);1H. The van der Waals surface area contributed by atoms with Crippen LogP contribution >= 0.6 is 12.4 Å². The van der Waals surface area contributed by atoms with Gasteiger partial charge in [-0.05, 0) is 44.9 Å². The van der Waals surface area contributed by atoms with Crippen molar-refractivity contribution in [3.05, 3.63) is 18.2 Å². The molecule has 0 saturated carbocycles. The molecule has 1 aromatic rings. The van der Waals surface area contributed by atoms with E-state index in [-0.39, 0.29) is 35.7 Å². The van der Waals surface area contributed by atoms with Gasteiger partial charge in [0.2, 0.25) is 15.9 Å². The van der Waals surface area contributed by atoms with E-state index in [9.17, 15) is 13.2 Å². The number of hydrogen-bond acceptors (Lipinski definition) is 5. The zero-order chi connectivity index (χ0) is 17.7. The summed E-state index contributed by atoms with van der Waals surface area (Å²) in [4.78, 5) is 12.0. The number of sulfonamides is 1. The van der Waals surface area contributed by atoms with Gasteiger partial charge in [0.05, 0.1) is 6.61 Å². The molecular formula is C16H26ClN3O4S. The molecule has 3 N–H and O–H groups in total. The van der Waals surface area contributed by atoms with E-state index in [0.717, 1.165) is 12.8 Å². The second kappa shape index (κ2) is 9.38. The molecular weight excluding hydrogens is 366 g/mol. The van der Waals surface area contributed by atoms with Gasteiger partial charge < -0.3 is 15.8 Å². The lowest BCUT2D eigenvalue weighted by Crippen LogP contribution is -2.28. The molecule has 25 heavy (non-hydrogen) atoms. The minimum absolute atomic E-state index is 0. The summed E-state index contributed by atoms with van der Waals surface area (Å²) < 4.78 is 32.6. The fourth-order valence-electron chi connectivity index (χ4n) is 2.63. The third-order valence-electron chi connectivity index (χ3n) is 3.72. The lowest BCUT2D eigenvalue weighted by molar-refractivity contribution is -0.116. The first-order valence-electron chi connectivity index (χ1n) is 8.17. The maximum Gasteiger partial charge on any atom is 0.246 e. The summed E-state index contributed by atoms with van der Waals surface area (Å²) in [7, 11) is -3.64. The number of carbonyl (C=O) groups excluding carboxylic acids is 1. The minimum Gasteiger partial charge on any atom is -0.492 e. The van der Waals surface area contributed by atoms with Gasteiger partial charge >= 0.3 is 0 Å². The fraction of sp³-hybridized carbons (Fsp3) is 0.562. The van der Waals surface area contributed by atoms with Gasteiger partial charge in [0, 0.05) is 31.2 Å². The molecule has 1 fully saturated rings. The molecule has 1 aromatic carbocycles. The number of carbonyl (C=O) groups is 1. The fourth-order valence-corrected chi connectivity index (χ4v) is 4.31. The van der Waals surface area contributed by atoms with Crippen LogP contribution in [-0.2, 0) is 14.8 Å². The molecule has 0 bridgehead atoms. The van der Waals surface area contributed by atoms with Crippen LogP contribution in [0.5, 0.6) is 5.75 Å². The zero-order valence-electron chi connectivity index (χ0n) is 14.5. The van der Waals surface area contributed by atoms with Crippen LogP contribution in [0.3, 0.4) is 0 Å². The van der Waals surface area contributed by atoms with Crippen LogP contribution < -0.4 is 15.8 Å². The van der Waals surface area contributed by atoms with Gasteiger partial charge in [-0.3, -0.25) is 4.79 Å². The minimum atomic E-state index is -3.64. The summed E-state index contributed by atoms with van der Waals surface area (Å²) in [5.41, 5.74) is 6.03. The molecule has 9 heteroatoms. The van der Waals surface area contributed by atoms with Crippen molar-refractivity contribution in [3.8, 4) is 5.75 Å². The van der Waals surface area contributed by atoms with Crippen LogP contribution in [0.1, 0.15) is 33.1 Å². The Morgan fingerprint density at radius 1 is 1.36 bits per heavy atom. The van der Waals surface area contributed by atoms with Gasteiger partial charge in [0.1, 0.15) is 10.6 Å². The Morgan fingerprint density at radius 3 is 2.56 bits per heavy atom. The Bertz CT molecular complexity index is 689. The number of ether oxygens (including phenoxy) is 1. The highest BCUT2D eigenvalue weighted by atomic mass is 35.5. The highest BCUT2D eigenvalue weighted by Gasteiger charge is 2.30. The summed E-state index contributed by atoms with van der Waals surface area (Å²) in [6.45, 7) is 4.91. The van der Waals surface area contributed by atoms with E-state index >= 15 is 0 Å². The number of halogens is 1. The van der Waals surface area contributed by atoms with E-state index in [2.05, 4.69) is 5.32 Å². The SMILES string of the molecule is CCOc1ccc(NC(=O)CC(C)N)cc1S(=O)(=O)N1CCCC1.Cl. The lowest BCUT2D eigenvalue weighted by atomic mass is 10.2. The zero-order valence-corrected chi connectivity index (χ0v) is 16.2. The number of benzene rings is 1. The predicted octanol–water partition coefficient (Wildman–Crippen LogP) is 1.97. The van der Waals surface area contributed by atoms with E-state index in [1.807, 2.05) is 0 Å². The van der Waals surface area contributed by atoms with Crippen molar-refractivity contribution < 1.29 is 17.9 Å². The number of nitrogens with zero attached hydrogens (tertiary/aromatic N) is 1. The molecule has 1 amide bonds. The summed E-state index contributed by atoms with van der Waals surface area (Å²) in [5.74, 6) is 0.0493. The molecule has 1 aliphatic heterocycles. The summed E-state index contributed by atoms with van der Waals surface area (Å²) >= 11 is 0. The van der Waals surface area contributed by atoms with Crippen molar-refractivity contribution in [1.29, 1.82) is 0 Å². The summed E-state index contributed by atoms with van der Waals surface area (Å²) in [5, 5.41) is 2.69. The monoisotopic (exact) mass is 391 g/mol. The van der Waals surface area contributed by atoms with Crippen LogP contribution in [0, 0.1) is 0 Å². The Morgan fingerprint density at radius 2 is 2.00 bits per heavy atom. The lowest BCUT2D eigenvalue weighted by Gasteiger charge is -2.19. The molecule has 1 aliphatic rings. The quantitative estimate of drug-likeness (QED) is 0.739. The van der Waals surface area contributed by atoms with Crippen molar-refractivity contribution in [2.24, 2.45) is 5.73 Å².